The number of para-hydroxylation sites is 2. The van der Waals surface area contributed by atoms with Crippen molar-refractivity contribution in [1.82, 2.24) is 9.97 Å². The van der Waals surface area contributed by atoms with Crippen LogP contribution in [-0.2, 0) is 0 Å². The third-order valence-corrected chi connectivity index (χ3v) is 3.44. The lowest BCUT2D eigenvalue weighted by molar-refractivity contribution is 0.0859. The topological polar surface area (TPSA) is 70.9 Å². The van der Waals surface area contributed by atoms with Crippen LogP contribution in [0, 0.1) is 11.3 Å². The smallest absolute Gasteiger partial charge is 0.190 e. The van der Waals surface area contributed by atoms with Gasteiger partial charge in [-0.2, -0.15) is 5.26 Å². The second kappa shape index (κ2) is 4.53. The van der Waals surface area contributed by atoms with Crippen molar-refractivity contribution in [3.63, 3.8) is 0 Å². The van der Waals surface area contributed by atoms with Gasteiger partial charge in [-0.25, -0.2) is 4.98 Å². The molecule has 3 aromatic rings. The number of benzene rings is 2. The Labute approximate surface area is 120 Å². The molecule has 1 aliphatic rings. The number of aromatic amines is 1. The molecule has 1 aromatic heterocycles. The molecule has 2 heterocycles. The van der Waals surface area contributed by atoms with Crippen LogP contribution in [0.1, 0.15) is 17.5 Å². The first-order valence-corrected chi connectivity index (χ1v) is 6.62. The molecule has 0 bridgehead atoms. The Morgan fingerprint density at radius 2 is 2.05 bits per heavy atom. The zero-order valence-corrected chi connectivity index (χ0v) is 11.0. The molecule has 0 aliphatic carbocycles. The average Bonchev–Trinajstić information content (AvgIpc) is 2.97. The number of aromatic nitrogens is 2. The lowest BCUT2D eigenvalue weighted by Crippen LogP contribution is -2.22. The minimum Gasteiger partial charge on any atom is -0.485 e. The van der Waals surface area contributed by atoms with Crippen LogP contribution in [0.5, 0.6) is 11.5 Å². The third kappa shape index (κ3) is 1.98. The van der Waals surface area contributed by atoms with Crippen molar-refractivity contribution in [1.29, 1.82) is 5.26 Å². The van der Waals surface area contributed by atoms with Gasteiger partial charge >= 0.3 is 0 Å². The van der Waals surface area contributed by atoms with E-state index in [0.29, 0.717) is 23.7 Å². The molecule has 1 atom stereocenters. The molecule has 0 saturated heterocycles. The van der Waals surface area contributed by atoms with Gasteiger partial charge in [-0.1, -0.05) is 12.1 Å². The van der Waals surface area contributed by atoms with Gasteiger partial charge in [-0.3, -0.25) is 0 Å². The zero-order valence-electron chi connectivity index (χ0n) is 11.0. The van der Waals surface area contributed by atoms with E-state index >= 15 is 0 Å². The van der Waals surface area contributed by atoms with E-state index in [1.807, 2.05) is 30.3 Å². The Bertz CT molecular complexity index is 863. The number of ether oxygens (including phenoxy) is 2. The number of fused-ring (bicyclic) bond motifs is 2. The van der Waals surface area contributed by atoms with E-state index in [9.17, 15) is 0 Å². The maximum atomic E-state index is 8.93. The molecule has 102 valence electrons. The standard InChI is InChI=1S/C16H11N3O2/c17-8-10-5-6-11-12(7-10)19-16(18-11)15-9-20-13-3-1-2-4-14(13)21-15/h1-7,15H,9H2,(H,18,19). The van der Waals surface area contributed by atoms with E-state index in [1.165, 1.54) is 0 Å². The van der Waals surface area contributed by atoms with E-state index in [-0.39, 0.29) is 6.10 Å². The van der Waals surface area contributed by atoms with Crippen LogP contribution in [-0.4, -0.2) is 16.6 Å². The molecule has 5 nitrogen and oxygen atoms in total. The van der Waals surface area contributed by atoms with Gasteiger partial charge in [-0.15, -0.1) is 0 Å². The summed E-state index contributed by atoms with van der Waals surface area (Å²) in [6.07, 6.45) is -0.280. The fourth-order valence-electron chi connectivity index (χ4n) is 2.41. The van der Waals surface area contributed by atoms with Gasteiger partial charge in [-0.05, 0) is 30.3 Å². The molecule has 5 heteroatoms. The van der Waals surface area contributed by atoms with Gasteiger partial charge < -0.3 is 14.5 Å². The number of hydrogen-bond donors (Lipinski definition) is 1. The lowest BCUT2D eigenvalue weighted by Gasteiger charge is -2.24. The number of hydrogen-bond acceptors (Lipinski definition) is 4. The van der Waals surface area contributed by atoms with Crippen molar-refractivity contribution in [3.05, 3.63) is 53.9 Å². The van der Waals surface area contributed by atoms with E-state index in [0.717, 1.165) is 16.8 Å². The van der Waals surface area contributed by atoms with E-state index < -0.39 is 0 Å². The Balaban J connectivity index is 1.70. The summed E-state index contributed by atoms with van der Waals surface area (Å²) in [5.41, 5.74) is 2.24. The van der Waals surface area contributed by atoms with E-state index in [2.05, 4.69) is 16.0 Å². The van der Waals surface area contributed by atoms with Crippen molar-refractivity contribution in [2.45, 2.75) is 6.10 Å². The molecule has 21 heavy (non-hydrogen) atoms. The lowest BCUT2D eigenvalue weighted by atomic mass is 10.2. The van der Waals surface area contributed by atoms with Gasteiger partial charge in [0.25, 0.3) is 0 Å². The van der Waals surface area contributed by atoms with Crippen LogP contribution in [0.2, 0.25) is 0 Å². The highest BCUT2D eigenvalue weighted by molar-refractivity contribution is 5.76. The summed E-state index contributed by atoms with van der Waals surface area (Å²) < 4.78 is 11.6. The number of imidazole rings is 1. The Morgan fingerprint density at radius 1 is 1.19 bits per heavy atom. The van der Waals surface area contributed by atoms with Crippen molar-refractivity contribution in [2.75, 3.05) is 6.61 Å². The minimum atomic E-state index is -0.280. The molecule has 0 spiro atoms. The highest BCUT2D eigenvalue weighted by Gasteiger charge is 2.24. The van der Waals surface area contributed by atoms with Crippen LogP contribution < -0.4 is 9.47 Å². The van der Waals surface area contributed by atoms with Gasteiger partial charge in [0.1, 0.15) is 6.61 Å². The first kappa shape index (κ1) is 11.8. The maximum absolute atomic E-state index is 8.93. The molecule has 0 fully saturated rings. The van der Waals surface area contributed by atoms with Crippen molar-refractivity contribution >= 4 is 11.0 Å². The van der Waals surface area contributed by atoms with Gasteiger partial charge in [0.2, 0.25) is 0 Å². The molecule has 1 N–H and O–H groups in total. The summed E-state index contributed by atoms with van der Waals surface area (Å²) in [5.74, 6) is 2.16. The molecule has 0 saturated carbocycles. The number of nitrogens with one attached hydrogen (secondary N) is 1. The van der Waals surface area contributed by atoms with Gasteiger partial charge in [0, 0.05) is 0 Å². The van der Waals surface area contributed by atoms with Crippen LogP contribution in [0.4, 0.5) is 0 Å². The predicted molar refractivity (Wildman–Crippen MR) is 76.1 cm³/mol. The van der Waals surface area contributed by atoms with Crippen molar-refractivity contribution in [2.24, 2.45) is 0 Å². The normalized spacial score (nSPS) is 16.6. The summed E-state index contributed by atoms with van der Waals surface area (Å²) in [4.78, 5) is 7.72. The van der Waals surface area contributed by atoms with Crippen LogP contribution >= 0.6 is 0 Å². The number of rotatable bonds is 1. The van der Waals surface area contributed by atoms with Crippen molar-refractivity contribution < 1.29 is 9.47 Å². The van der Waals surface area contributed by atoms with Crippen molar-refractivity contribution in [3.8, 4) is 17.6 Å². The fraction of sp³-hybridized carbons (Fsp3) is 0.125. The molecule has 2 aromatic carbocycles. The molecule has 0 amide bonds. The Hall–Kier alpha value is -3.00. The van der Waals surface area contributed by atoms with Crippen LogP contribution in [0.3, 0.4) is 0 Å². The number of nitrogens with zero attached hydrogens (tertiary/aromatic N) is 2. The zero-order chi connectivity index (χ0) is 14.2. The second-order valence-corrected chi connectivity index (χ2v) is 4.83. The summed E-state index contributed by atoms with van der Waals surface area (Å²) in [5, 5.41) is 8.93. The summed E-state index contributed by atoms with van der Waals surface area (Å²) in [6, 6.07) is 15.0. The first-order valence-electron chi connectivity index (χ1n) is 6.62. The summed E-state index contributed by atoms with van der Waals surface area (Å²) >= 11 is 0. The summed E-state index contributed by atoms with van der Waals surface area (Å²) in [6.45, 7) is 0.405. The van der Waals surface area contributed by atoms with Gasteiger partial charge in [0.15, 0.2) is 23.4 Å². The quantitative estimate of drug-likeness (QED) is 0.742. The third-order valence-electron chi connectivity index (χ3n) is 3.44. The molecule has 1 aliphatic heterocycles. The Morgan fingerprint density at radius 3 is 2.90 bits per heavy atom. The molecular formula is C16H11N3O2. The highest BCUT2D eigenvalue weighted by atomic mass is 16.6. The summed E-state index contributed by atoms with van der Waals surface area (Å²) in [7, 11) is 0. The average molecular weight is 277 g/mol. The highest BCUT2D eigenvalue weighted by Crippen LogP contribution is 2.35. The second-order valence-electron chi connectivity index (χ2n) is 4.83. The molecule has 0 radical (unpaired) electrons. The fourth-order valence-corrected chi connectivity index (χ4v) is 2.41. The largest absolute Gasteiger partial charge is 0.485 e. The van der Waals surface area contributed by atoms with E-state index in [4.69, 9.17) is 14.7 Å². The monoisotopic (exact) mass is 277 g/mol. The predicted octanol–water partition coefficient (Wildman–Crippen LogP) is 2.95. The maximum Gasteiger partial charge on any atom is 0.190 e. The first-order chi connectivity index (χ1) is 10.3. The van der Waals surface area contributed by atoms with E-state index in [1.54, 1.807) is 12.1 Å². The minimum absolute atomic E-state index is 0.280. The number of H-pyrrole nitrogens is 1. The molecule has 4 rings (SSSR count). The molecule has 1 unspecified atom stereocenters. The number of nitriles is 1. The van der Waals surface area contributed by atoms with Gasteiger partial charge in [0.05, 0.1) is 22.7 Å². The SMILES string of the molecule is N#Cc1ccc2nc(C3COc4ccccc4O3)[nH]c2c1. The Kier molecular flexibility index (Phi) is 2.54. The molecular weight excluding hydrogens is 266 g/mol. The van der Waals surface area contributed by atoms with Crippen LogP contribution in [0.15, 0.2) is 42.5 Å². The van der Waals surface area contributed by atoms with Crippen LogP contribution in [0.25, 0.3) is 11.0 Å².